The summed E-state index contributed by atoms with van der Waals surface area (Å²) in [4.78, 5) is 0. The van der Waals surface area contributed by atoms with Gasteiger partial charge in [-0.05, 0) is 47.3 Å². The zero-order chi connectivity index (χ0) is 22.2. The van der Waals surface area contributed by atoms with Gasteiger partial charge in [-0.2, -0.15) is 0 Å². The van der Waals surface area contributed by atoms with Crippen LogP contribution in [0.25, 0.3) is 0 Å². The van der Waals surface area contributed by atoms with Gasteiger partial charge in [-0.25, -0.2) is 0 Å². The van der Waals surface area contributed by atoms with E-state index in [9.17, 15) is 0 Å². The molecule has 0 nitrogen and oxygen atoms in total. The molecule has 0 aromatic rings. The summed E-state index contributed by atoms with van der Waals surface area (Å²) < 4.78 is 0.617. The molecule has 0 aliphatic heterocycles. The molecule has 0 aromatic carbocycles. The molecule has 2 aliphatic carbocycles. The summed E-state index contributed by atoms with van der Waals surface area (Å²) in [5.41, 5.74) is 0. The second-order valence-corrected chi connectivity index (χ2v) is 13.8. The summed E-state index contributed by atoms with van der Waals surface area (Å²) >= 11 is 3.98. The molecule has 2 rings (SSSR count). The molecule has 2 fully saturated rings. The van der Waals surface area contributed by atoms with Gasteiger partial charge in [-0.3, -0.25) is 0 Å². The Morgan fingerprint density at radius 2 is 0.552 bits per heavy atom. The van der Waals surface area contributed by atoms with Crippen molar-refractivity contribution in [2.75, 3.05) is 0 Å². The van der Waals surface area contributed by atoms with E-state index in [4.69, 9.17) is 0 Å². The number of rotatable bonds is 2. The predicted octanol–water partition coefficient (Wildman–Crippen LogP) is 8.88. The van der Waals surface area contributed by atoms with Gasteiger partial charge >= 0.3 is 0 Å². The molecular weight excluding hydrogens is 432 g/mol. The molecule has 166 valence electrons. The summed E-state index contributed by atoms with van der Waals surface area (Å²) in [6.07, 6.45) is 0. The molecule has 0 atom stereocenters. The van der Waals surface area contributed by atoms with E-state index in [2.05, 4.69) is 96.9 Å². The van der Waals surface area contributed by atoms with Gasteiger partial charge in [0.15, 0.2) is 0 Å². The molecule has 2 aliphatic rings. The Morgan fingerprint density at radius 1 is 0.379 bits per heavy atom. The largest absolute Gasteiger partial charge is 0.146 e. The van der Waals surface area contributed by atoms with Crippen molar-refractivity contribution in [1.29, 1.82) is 0 Å². The summed E-state index contributed by atoms with van der Waals surface area (Å²) in [5.74, 6) is 11.8. The summed E-state index contributed by atoms with van der Waals surface area (Å²) in [7, 11) is 0. The average molecular weight is 475 g/mol. The van der Waals surface area contributed by atoms with Gasteiger partial charge in [0.05, 0.1) is 0 Å². The van der Waals surface area contributed by atoms with E-state index in [1.54, 1.807) is 0 Å². The Labute approximate surface area is 204 Å². The first-order valence-electron chi connectivity index (χ1n) is 10.3. The molecule has 3 heteroatoms. The van der Waals surface area contributed by atoms with E-state index < -0.39 is 0 Å². The molecule has 0 N–H and O–H groups in total. The molecule has 29 heavy (non-hydrogen) atoms. The van der Waals surface area contributed by atoms with Crippen molar-refractivity contribution in [2.45, 2.75) is 106 Å². The zero-order valence-corrected chi connectivity index (χ0v) is 23.9. The maximum Gasteiger partial charge on any atom is 0.0453 e. The molecule has 0 bridgehead atoms. The van der Waals surface area contributed by atoms with Crippen molar-refractivity contribution in [1.82, 2.24) is 0 Å². The molecule has 0 heterocycles. The van der Waals surface area contributed by atoms with Crippen molar-refractivity contribution in [3.05, 3.63) is 57.8 Å². The second-order valence-electron chi connectivity index (χ2n) is 10.1. The molecule has 2 saturated carbocycles. The molecule has 10 radical (unpaired) electrons. The van der Waals surface area contributed by atoms with Crippen molar-refractivity contribution < 1.29 is 17.1 Å². The normalized spacial score (nSPS) is 24.2. The molecule has 0 aromatic heterocycles. The Kier molecular flexibility index (Phi) is 11.9. The SMILES string of the molecule is C[C]1[C](C)[C](C)[C](SC(C)(C)C)[C]1C.C[C]1[C](C)[C](C)[C](SC(C)(C)C)[C]1C.[Fe]. The topological polar surface area (TPSA) is 0 Å². The average Bonchev–Trinajstić information content (AvgIpc) is 2.83. The van der Waals surface area contributed by atoms with E-state index in [1.807, 2.05) is 23.5 Å². The molecule has 0 unspecified atom stereocenters. The third-order valence-corrected chi connectivity index (χ3v) is 8.41. The molecule has 0 spiro atoms. The monoisotopic (exact) mass is 474 g/mol. The first-order chi connectivity index (χ1) is 12.5. The van der Waals surface area contributed by atoms with Crippen LogP contribution in [-0.2, 0) is 17.1 Å². The number of hydrogen-bond acceptors (Lipinski definition) is 2. The van der Waals surface area contributed by atoms with Crippen LogP contribution in [0.3, 0.4) is 0 Å². The van der Waals surface area contributed by atoms with Crippen molar-refractivity contribution >= 4 is 23.5 Å². The van der Waals surface area contributed by atoms with Crippen LogP contribution >= 0.6 is 23.5 Å². The van der Waals surface area contributed by atoms with E-state index >= 15 is 0 Å². The summed E-state index contributed by atoms with van der Waals surface area (Å²) in [6, 6.07) is 0. The van der Waals surface area contributed by atoms with Crippen molar-refractivity contribution in [2.24, 2.45) is 0 Å². The molecule has 0 saturated heterocycles. The third-order valence-electron chi connectivity index (χ3n) is 5.55. The van der Waals surface area contributed by atoms with Crippen LogP contribution in [0.5, 0.6) is 0 Å². The van der Waals surface area contributed by atoms with Crippen LogP contribution in [-0.4, -0.2) is 9.49 Å². The van der Waals surface area contributed by atoms with Gasteiger partial charge in [-0.15, -0.1) is 23.5 Å². The maximum absolute atomic E-state index is 2.27. The van der Waals surface area contributed by atoms with Gasteiger partial charge in [0.1, 0.15) is 0 Å². The zero-order valence-electron chi connectivity index (χ0n) is 21.2. The van der Waals surface area contributed by atoms with Crippen LogP contribution in [0.15, 0.2) is 0 Å². The quantitative estimate of drug-likeness (QED) is 0.367. The smallest absolute Gasteiger partial charge is 0.0453 e. The maximum atomic E-state index is 2.27. The third kappa shape index (κ3) is 8.25. The minimum Gasteiger partial charge on any atom is -0.146 e. The van der Waals surface area contributed by atoms with E-state index in [0.29, 0.717) is 9.49 Å². The number of thioether (sulfide) groups is 2. The van der Waals surface area contributed by atoms with Crippen molar-refractivity contribution in [3.63, 3.8) is 0 Å². The minimum atomic E-state index is 0. The van der Waals surface area contributed by atoms with E-state index in [1.165, 1.54) is 57.8 Å². The number of hydrogen-bond donors (Lipinski definition) is 0. The Hall–Kier alpha value is 1.22. The van der Waals surface area contributed by atoms with Crippen LogP contribution in [0.2, 0.25) is 0 Å². The fraction of sp³-hybridized carbons (Fsp3) is 0.615. The van der Waals surface area contributed by atoms with E-state index in [0.717, 1.165) is 0 Å². The van der Waals surface area contributed by atoms with Gasteiger partial charge in [0, 0.05) is 37.1 Å². The van der Waals surface area contributed by atoms with Crippen molar-refractivity contribution in [3.8, 4) is 0 Å². The first kappa shape index (κ1) is 30.2. The van der Waals surface area contributed by atoms with Crippen LogP contribution < -0.4 is 0 Å². The Bertz CT molecular complexity index is 406. The van der Waals surface area contributed by atoms with Crippen LogP contribution in [0.1, 0.15) is 96.9 Å². The van der Waals surface area contributed by atoms with Crippen LogP contribution in [0, 0.1) is 57.8 Å². The van der Waals surface area contributed by atoms with Crippen LogP contribution in [0.4, 0.5) is 0 Å². The second kappa shape index (κ2) is 11.4. The summed E-state index contributed by atoms with van der Waals surface area (Å²) in [5, 5.41) is 2.99. The minimum absolute atomic E-state index is 0. The molecular formula is C26H42FeS2. The Morgan fingerprint density at radius 3 is 0.690 bits per heavy atom. The fourth-order valence-corrected chi connectivity index (χ4v) is 5.74. The van der Waals surface area contributed by atoms with Gasteiger partial charge in [0.25, 0.3) is 0 Å². The van der Waals surface area contributed by atoms with Gasteiger partial charge < -0.3 is 0 Å². The summed E-state index contributed by atoms with van der Waals surface area (Å²) in [6.45, 7) is 31.5. The standard InChI is InChI=1S/2C13H21S.Fe/c2*1-8-9(2)11(4)12(10(8)3)14-13(5,6)7;/h2*1-7H3;. The first-order valence-corrected chi connectivity index (χ1v) is 11.9. The fourth-order valence-electron chi connectivity index (χ4n) is 3.29. The van der Waals surface area contributed by atoms with Gasteiger partial charge in [-0.1, -0.05) is 96.9 Å². The molecule has 0 amide bonds. The Balaban J connectivity index is 0.000000523. The van der Waals surface area contributed by atoms with E-state index in [-0.39, 0.29) is 17.1 Å². The van der Waals surface area contributed by atoms with Gasteiger partial charge in [0.2, 0.25) is 0 Å². The predicted molar refractivity (Wildman–Crippen MR) is 133 cm³/mol.